The average Bonchev–Trinajstić information content (AvgIpc) is 3.18. The van der Waals surface area contributed by atoms with Gasteiger partial charge in [-0.25, -0.2) is 19.2 Å². The fourth-order valence-electron chi connectivity index (χ4n) is 4.74. The summed E-state index contributed by atoms with van der Waals surface area (Å²) in [5.41, 5.74) is 2.63. The Morgan fingerprint density at radius 1 is 0.423 bits per heavy atom. The largest absolute Gasteiger partial charge is 0.494 e. The molecule has 0 fully saturated rings. The summed E-state index contributed by atoms with van der Waals surface area (Å²) in [4.78, 5) is 47.5. The molecular weight excluding hydrogens is 664 g/mol. The maximum atomic E-state index is 12.8. The molecule has 270 valence electrons. The van der Waals surface area contributed by atoms with Gasteiger partial charge in [-0.05, 0) is 122 Å². The molecule has 0 heterocycles. The fourth-order valence-corrected chi connectivity index (χ4v) is 4.74. The Kier molecular flexibility index (Phi) is 15.7. The topological polar surface area (TPSA) is 124 Å². The number of rotatable bonds is 21. The number of hydrogen-bond acceptors (Lipinski definition) is 10. The van der Waals surface area contributed by atoms with Crippen molar-refractivity contribution >= 4 is 23.9 Å². The Labute approximate surface area is 303 Å². The van der Waals surface area contributed by atoms with Gasteiger partial charge in [-0.1, -0.05) is 37.4 Å². The molecule has 4 rings (SSSR count). The SMILES string of the molecule is C=CC(=O)OCCCCCCOc1ccc(C(=O)Oc2ccc(OC(=O)c3ccc(-c4ccc(OCCCCOC(=O)C=C)cc4)cc3)cc2)cc1. The van der Waals surface area contributed by atoms with Gasteiger partial charge in [0.15, 0.2) is 0 Å². The molecule has 10 nitrogen and oxygen atoms in total. The van der Waals surface area contributed by atoms with Gasteiger partial charge in [0.1, 0.15) is 23.0 Å². The quantitative estimate of drug-likeness (QED) is 0.0361. The Morgan fingerprint density at radius 2 is 0.750 bits per heavy atom. The van der Waals surface area contributed by atoms with Gasteiger partial charge in [-0.15, -0.1) is 0 Å². The minimum absolute atomic E-state index is 0.302. The van der Waals surface area contributed by atoms with Gasteiger partial charge < -0.3 is 28.4 Å². The first kappa shape index (κ1) is 38.6. The zero-order valence-electron chi connectivity index (χ0n) is 29.0. The van der Waals surface area contributed by atoms with Gasteiger partial charge >= 0.3 is 23.9 Å². The molecule has 0 aromatic heterocycles. The predicted octanol–water partition coefficient (Wildman–Crippen LogP) is 8.35. The number of benzene rings is 4. The zero-order valence-corrected chi connectivity index (χ0v) is 29.0. The van der Waals surface area contributed by atoms with Crippen molar-refractivity contribution < 1.29 is 47.6 Å². The molecule has 10 heteroatoms. The second-order valence-electron chi connectivity index (χ2n) is 11.4. The number of unbranched alkanes of at least 4 members (excludes halogenated alkanes) is 4. The van der Waals surface area contributed by atoms with E-state index in [1.54, 1.807) is 60.7 Å². The van der Waals surface area contributed by atoms with Gasteiger partial charge in [0.25, 0.3) is 0 Å². The lowest BCUT2D eigenvalue weighted by molar-refractivity contribution is -0.138. The molecule has 0 bridgehead atoms. The Morgan fingerprint density at radius 3 is 1.19 bits per heavy atom. The van der Waals surface area contributed by atoms with Crippen LogP contribution in [0.2, 0.25) is 0 Å². The second kappa shape index (κ2) is 21.1. The Hall–Kier alpha value is -6.16. The zero-order chi connectivity index (χ0) is 37.0. The standard InChI is InChI=1S/C42H42O10/c1-3-39(43)49-29-8-6-5-7-27-47-36-21-17-34(18-22-36)42(46)52-38-25-23-37(24-26-38)51-41(45)33-13-11-31(12-14-33)32-15-19-35(20-16-32)48-28-9-10-30-50-40(44)4-2/h3-4,11-26H,1-2,5-10,27-30H2. The van der Waals surface area contributed by atoms with Gasteiger partial charge in [-0.3, -0.25) is 0 Å². The Balaban J connectivity index is 1.15. The maximum absolute atomic E-state index is 12.8. The van der Waals surface area contributed by atoms with E-state index in [0.29, 0.717) is 61.2 Å². The normalized spacial score (nSPS) is 10.4. The van der Waals surface area contributed by atoms with E-state index in [1.807, 2.05) is 36.4 Å². The molecule has 0 atom stereocenters. The molecule has 52 heavy (non-hydrogen) atoms. The molecular formula is C42H42O10. The summed E-state index contributed by atoms with van der Waals surface area (Å²) in [6.07, 6.45) is 7.25. The second-order valence-corrected chi connectivity index (χ2v) is 11.4. The van der Waals surface area contributed by atoms with Crippen LogP contribution in [-0.4, -0.2) is 50.3 Å². The molecule has 0 amide bonds. The minimum Gasteiger partial charge on any atom is -0.494 e. The summed E-state index contributed by atoms with van der Waals surface area (Å²) in [5, 5.41) is 0. The third-order valence-corrected chi connectivity index (χ3v) is 7.58. The molecule has 0 radical (unpaired) electrons. The van der Waals surface area contributed by atoms with E-state index in [2.05, 4.69) is 13.2 Å². The maximum Gasteiger partial charge on any atom is 0.343 e. The number of esters is 4. The van der Waals surface area contributed by atoms with E-state index >= 15 is 0 Å². The molecule has 0 aliphatic rings. The van der Waals surface area contributed by atoms with Crippen LogP contribution >= 0.6 is 0 Å². The van der Waals surface area contributed by atoms with Crippen LogP contribution in [0, 0.1) is 0 Å². The fraction of sp³-hybridized carbons (Fsp3) is 0.238. The van der Waals surface area contributed by atoms with Crippen LogP contribution in [0.5, 0.6) is 23.0 Å². The average molecular weight is 707 g/mol. The summed E-state index contributed by atoms with van der Waals surface area (Å²) in [6.45, 7) is 8.48. The van der Waals surface area contributed by atoms with Crippen LogP contribution in [0.15, 0.2) is 122 Å². The van der Waals surface area contributed by atoms with Gasteiger partial charge in [0.05, 0.1) is 37.6 Å². The molecule has 0 aliphatic heterocycles. The summed E-state index contributed by atoms with van der Waals surface area (Å²) < 4.78 is 32.4. The lowest BCUT2D eigenvalue weighted by Gasteiger charge is -2.09. The van der Waals surface area contributed by atoms with Crippen LogP contribution in [0.1, 0.15) is 59.2 Å². The van der Waals surface area contributed by atoms with Crippen LogP contribution in [0.25, 0.3) is 11.1 Å². The van der Waals surface area contributed by atoms with Crippen molar-refractivity contribution in [2.24, 2.45) is 0 Å². The van der Waals surface area contributed by atoms with Crippen LogP contribution in [0.3, 0.4) is 0 Å². The highest BCUT2D eigenvalue weighted by molar-refractivity contribution is 5.92. The van der Waals surface area contributed by atoms with Crippen LogP contribution in [0.4, 0.5) is 0 Å². The summed E-state index contributed by atoms with van der Waals surface area (Å²) in [7, 11) is 0. The highest BCUT2D eigenvalue weighted by Gasteiger charge is 2.12. The van der Waals surface area contributed by atoms with Crippen molar-refractivity contribution in [3.63, 3.8) is 0 Å². The van der Waals surface area contributed by atoms with E-state index in [4.69, 9.17) is 28.4 Å². The summed E-state index contributed by atoms with van der Waals surface area (Å²) in [5.74, 6) is 0.100. The first-order chi connectivity index (χ1) is 25.3. The molecule has 4 aromatic carbocycles. The first-order valence-electron chi connectivity index (χ1n) is 17.0. The van der Waals surface area contributed by atoms with Gasteiger partial charge in [0, 0.05) is 12.2 Å². The van der Waals surface area contributed by atoms with E-state index in [0.717, 1.165) is 61.1 Å². The van der Waals surface area contributed by atoms with E-state index in [1.165, 1.54) is 0 Å². The van der Waals surface area contributed by atoms with Gasteiger partial charge in [-0.2, -0.15) is 0 Å². The molecule has 4 aromatic rings. The molecule has 0 spiro atoms. The van der Waals surface area contributed by atoms with Crippen LogP contribution in [-0.2, 0) is 19.1 Å². The first-order valence-corrected chi connectivity index (χ1v) is 17.0. The predicted molar refractivity (Wildman–Crippen MR) is 196 cm³/mol. The lowest BCUT2D eigenvalue weighted by Crippen LogP contribution is -2.09. The van der Waals surface area contributed by atoms with Crippen molar-refractivity contribution in [3.8, 4) is 34.1 Å². The van der Waals surface area contributed by atoms with Gasteiger partial charge in [0.2, 0.25) is 0 Å². The van der Waals surface area contributed by atoms with Crippen molar-refractivity contribution in [2.45, 2.75) is 38.5 Å². The number of carbonyl (C=O) groups is 4. The highest BCUT2D eigenvalue weighted by Crippen LogP contribution is 2.25. The lowest BCUT2D eigenvalue weighted by atomic mass is 10.0. The summed E-state index contributed by atoms with van der Waals surface area (Å²) in [6, 6.07) is 27.6. The smallest absolute Gasteiger partial charge is 0.343 e. The third-order valence-electron chi connectivity index (χ3n) is 7.58. The van der Waals surface area contributed by atoms with Crippen molar-refractivity contribution in [1.29, 1.82) is 0 Å². The van der Waals surface area contributed by atoms with Crippen LogP contribution < -0.4 is 18.9 Å². The highest BCUT2D eigenvalue weighted by atomic mass is 16.5. The van der Waals surface area contributed by atoms with Crippen molar-refractivity contribution in [2.75, 3.05) is 26.4 Å². The number of ether oxygens (including phenoxy) is 6. The van der Waals surface area contributed by atoms with E-state index < -0.39 is 23.9 Å². The molecule has 0 aliphatic carbocycles. The molecule has 0 saturated carbocycles. The van der Waals surface area contributed by atoms with E-state index in [-0.39, 0.29) is 0 Å². The molecule has 0 unspecified atom stereocenters. The van der Waals surface area contributed by atoms with Crippen molar-refractivity contribution in [3.05, 3.63) is 133 Å². The Bertz CT molecular complexity index is 1760. The third kappa shape index (κ3) is 13.3. The number of hydrogen-bond donors (Lipinski definition) is 0. The van der Waals surface area contributed by atoms with Crippen molar-refractivity contribution in [1.82, 2.24) is 0 Å². The molecule has 0 N–H and O–H groups in total. The minimum atomic E-state index is -0.531. The molecule has 0 saturated heterocycles. The monoisotopic (exact) mass is 706 g/mol. The van der Waals surface area contributed by atoms with E-state index in [9.17, 15) is 19.2 Å². The number of carbonyl (C=O) groups excluding carboxylic acids is 4. The summed E-state index contributed by atoms with van der Waals surface area (Å²) >= 11 is 0.